The molecule has 0 spiro atoms. The van der Waals surface area contributed by atoms with Crippen LogP contribution in [0.15, 0.2) is 41.5 Å². The van der Waals surface area contributed by atoms with Gasteiger partial charge in [0.25, 0.3) is 0 Å². The molecule has 0 bridgehead atoms. The fourth-order valence-corrected chi connectivity index (χ4v) is 3.36. The van der Waals surface area contributed by atoms with E-state index in [1.54, 1.807) is 18.4 Å². The zero-order valence-electron chi connectivity index (χ0n) is 14.5. The van der Waals surface area contributed by atoms with Gasteiger partial charge in [0.2, 0.25) is 0 Å². The molecule has 0 saturated heterocycles. The maximum Gasteiger partial charge on any atom is 0.191 e. The minimum absolute atomic E-state index is 0. The standard InChI is InChI=1S/C18H21N5S.HI/c1-12-13(2)24-16(23-12)11-22-18(19-3)21-10-15-7-4-6-14-8-5-9-20-17(14)15;/h4-9H,10-11H2,1-3H3,(H2,19,21,22);1H. The number of para-hydroxylation sites is 1. The normalized spacial score (nSPS) is 11.2. The van der Waals surface area contributed by atoms with Crippen LogP contribution in [0.2, 0.25) is 0 Å². The predicted octanol–water partition coefficient (Wildman–Crippen LogP) is 3.79. The van der Waals surface area contributed by atoms with Crippen molar-refractivity contribution in [1.82, 2.24) is 20.6 Å². The van der Waals surface area contributed by atoms with E-state index in [1.807, 2.05) is 19.2 Å². The number of aryl methyl sites for hydroxylation is 2. The molecule has 2 heterocycles. The minimum Gasteiger partial charge on any atom is -0.352 e. The molecule has 0 aliphatic heterocycles. The summed E-state index contributed by atoms with van der Waals surface area (Å²) in [7, 11) is 1.77. The Balaban J connectivity index is 0.00000225. The van der Waals surface area contributed by atoms with Crippen LogP contribution in [0.3, 0.4) is 0 Å². The van der Waals surface area contributed by atoms with Crippen molar-refractivity contribution in [3.63, 3.8) is 0 Å². The summed E-state index contributed by atoms with van der Waals surface area (Å²) < 4.78 is 0. The van der Waals surface area contributed by atoms with Crippen molar-refractivity contribution in [1.29, 1.82) is 0 Å². The lowest BCUT2D eigenvalue weighted by Gasteiger charge is -2.12. The van der Waals surface area contributed by atoms with E-state index in [9.17, 15) is 0 Å². The summed E-state index contributed by atoms with van der Waals surface area (Å²) in [6.07, 6.45) is 1.83. The molecule has 0 radical (unpaired) electrons. The summed E-state index contributed by atoms with van der Waals surface area (Å²) in [6, 6.07) is 10.2. The second kappa shape index (κ2) is 9.10. The Kier molecular flexibility index (Phi) is 7.12. The number of guanidine groups is 1. The Hall–Kier alpha value is -1.74. The lowest BCUT2D eigenvalue weighted by molar-refractivity contribution is 0.805. The summed E-state index contributed by atoms with van der Waals surface area (Å²) in [5.74, 6) is 0.758. The summed E-state index contributed by atoms with van der Waals surface area (Å²) in [4.78, 5) is 14.6. The van der Waals surface area contributed by atoms with Gasteiger partial charge in [0.05, 0.1) is 17.8 Å². The maximum absolute atomic E-state index is 4.54. The van der Waals surface area contributed by atoms with E-state index in [2.05, 4.69) is 56.8 Å². The molecule has 0 unspecified atom stereocenters. The van der Waals surface area contributed by atoms with Crippen molar-refractivity contribution in [2.24, 2.45) is 4.99 Å². The average Bonchev–Trinajstić information content (AvgIpc) is 2.93. The van der Waals surface area contributed by atoms with Crippen LogP contribution < -0.4 is 10.6 Å². The molecule has 7 heteroatoms. The van der Waals surface area contributed by atoms with E-state index in [1.165, 1.54) is 4.88 Å². The molecule has 0 atom stereocenters. The highest BCUT2D eigenvalue weighted by Crippen LogP contribution is 2.16. The van der Waals surface area contributed by atoms with Crippen molar-refractivity contribution in [2.75, 3.05) is 7.05 Å². The molecule has 2 N–H and O–H groups in total. The molecule has 0 fully saturated rings. The summed E-state index contributed by atoms with van der Waals surface area (Å²) >= 11 is 1.72. The largest absolute Gasteiger partial charge is 0.352 e. The van der Waals surface area contributed by atoms with Crippen LogP contribution in [-0.2, 0) is 13.1 Å². The second-order valence-corrected chi connectivity index (χ2v) is 6.81. The Morgan fingerprint density at radius 1 is 1.12 bits per heavy atom. The van der Waals surface area contributed by atoms with Gasteiger partial charge in [0, 0.05) is 30.1 Å². The van der Waals surface area contributed by atoms with Gasteiger partial charge in [-0.05, 0) is 25.5 Å². The molecule has 0 aliphatic carbocycles. The third-order valence-electron chi connectivity index (χ3n) is 3.87. The number of hydrogen-bond acceptors (Lipinski definition) is 4. The van der Waals surface area contributed by atoms with Gasteiger partial charge >= 0.3 is 0 Å². The molecule has 0 amide bonds. The third-order valence-corrected chi connectivity index (χ3v) is 4.94. The lowest BCUT2D eigenvalue weighted by atomic mass is 10.1. The zero-order chi connectivity index (χ0) is 16.9. The topological polar surface area (TPSA) is 62.2 Å². The van der Waals surface area contributed by atoms with Gasteiger partial charge in [-0.25, -0.2) is 4.98 Å². The number of thiazole rings is 1. The molecule has 3 rings (SSSR count). The number of nitrogens with one attached hydrogen (secondary N) is 2. The van der Waals surface area contributed by atoms with Crippen LogP contribution in [0.5, 0.6) is 0 Å². The lowest BCUT2D eigenvalue weighted by Crippen LogP contribution is -2.36. The Bertz CT molecular complexity index is 850. The molecule has 132 valence electrons. The third kappa shape index (κ3) is 4.88. The van der Waals surface area contributed by atoms with Crippen LogP contribution >= 0.6 is 35.3 Å². The summed E-state index contributed by atoms with van der Waals surface area (Å²) in [5.41, 5.74) is 3.27. The number of hydrogen-bond donors (Lipinski definition) is 2. The number of fused-ring (bicyclic) bond motifs is 1. The van der Waals surface area contributed by atoms with Crippen molar-refractivity contribution in [2.45, 2.75) is 26.9 Å². The maximum atomic E-state index is 4.54. The Morgan fingerprint density at radius 2 is 1.88 bits per heavy atom. The van der Waals surface area contributed by atoms with E-state index < -0.39 is 0 Å². The van der Waals surface area contributed by atoms with Crippen molar-refractivity contribution in [3.8, 4) is 0 Å². The molecule has 2 aromatic heterocycles. The fraction of sp³-hybridized carbons (Fsp3) is 0.278. The highest BCUT2D eigenvalue weighted by Gasteiger charge is 2.06. The van der Waals surface area contributed by atoms with Gasteiger partial charge in [-0.2, -0.15) is 0 Å². The van der Waals surface area contributed by atoms with E-state index in [4.69, 9.17) is 0 Å². The average molecular weight is 467 g/mol. The van der Waals surface area contributed by atoms with Crippen LogP contribution in [0.25, 0.3) is 10.9 Å². The molecule has 0 saturated carbocycles. The monoisotopic (exact) mass is 467 g/mol. The number of nitrogens with zero attached hydrogens (tertiary/aromatic N) is 3. The Morgan fingerprint density at radius 3 is 2.60 bits per heavy atom. The summed E-state index contributed by atoms with van der Waals surface area (Å²) in [5, 5.41) is 8.87. The minimum atomic E-state index is 0. The highest BCUT2D eigenvalue weighted by atomic mass is 127. The van der Waals surface area contributed by atoms with Crippen molar-refractivity contribution in [3.05, 3.63) is 57.7 Å². The van der Waals surface area contributed by atoms with Crippen LogP contribution in [0.1, 0.15) is 21.1 Å². The van der Waals surface area contributed by atoms with Gasteiger partial charge in [-0.3, -0.25) is 9.98 Å². The predicted molar refractivity (Wildman–Crippen MR) is 116 cm³/mol. The van der Waals surface area contributed by atoms with Crippen LogP contribution in [0, 0.1) is 13.8 Å². The van der Waals surface area contributed by atoms with E-state index >= 15 is 0 Å². The van der Waals surface area contributed by atoms with Gasteiger partial charge < -0.3 is 10.6 Å². The van der Waals surface area contributed by atoms with E-state index in [0.29, 0.717) is 13.1 Å². The van der Waals surface area contributed by atoms with Crippen molar-refractivity contribution < 1.29 is 0 Å². The highest BCUT2D eigenvalue weighted by molar-refractivity contribution is 14.0. The number of rotatable bonds is 4. The molecular formula is C18H22IN5S. The number of aromatic nitrogens is 2. The first kappa shape index (κ1) is 19.6. The van der Waals surface area contributed by atoms with Gasteiger partial charge in [-0.1, -0.05) is 24.3 Å². The quantitative estimate of drug-likeness (QED) is 0.348. The fourth-order valence-electron chi connectivity index (χ4n) is 2.48. The Labute approximate surface area is 169 Å². The number of benzene rings is 1. The molecule has 1 aromatic carbocycles. The molecule has 5 nitrogen and oxygen atoms in total. The number of aliphatic imine (C=N–C) groups is 1. The first-order chi connectivity index (χ1) is 11.7. The summed E-state index contributed by atoms with van der Waals surface area (Å²) in [6.45, 7) is 5.48. The molecular weight excluding hydrogens is 445 g/mol. The smallest absolute Gasteiger partial charge is 0.191 e. The number of halogens is 1. The van der Waals surface area contributed by atoms with E-state index in [0.717, 1.165) is 33.1 Å². The van der Waals surface area contributed by atoms with Gasteiger partial charge in [0.15, 0.2) is 5.96 Å². The molecule has 3 aromatic rings. The van der Waals surface area contributed by atoms with Gasteiger partial charge in [-0.15, -0.1) is 35.3 Å². The zero-order valence-corrected chi connectivity index (χ0v) is 17.7. The number of pyridine rings is 1. The first-order valence-electron chi connectivity index (χ1n) is 7.87. The van der Waals surface area contributed by atoms with Gasteiger partial charge in [0.1, 0.15) is 5.01 Å². The molecule has 0 aliphatic rings. The van der Waals surface area contributed by atoms with E-state index in [-0.39, 0.29) is 24.0 Å². The molecule has 25 heavy (non-hydrogen) atoms. The second-order valence-electron chi connectivity index (χ2n) is 5.52. The first-order valence-corrected chi connectivity index (χ1v) is 8.69. The SMILES string of the molecule is CN=C(NCc1nc(C)c(C)s1)NCc1cccc2cccnc12.I. The van der Waals surface area contributed by atoms with Crippen molar-refractivity contribution >= 4 is 52.2 Å². The van der Waals surface area contributed by atoms with Crippen LogP contribution in [0.4, 0.5) is 0 Å². The van der Waals surface area contributed by atoms with Crippen LogP contribution in [-0.4, -0.2) is 23.0 Å².